The summed E-state index contributed by atoms with van der Waals surface area (Å²) in [5, 5.41) is 2.56. The van der Waals surface area contributed by atoms with Crippen LogP contribution in [0.15, 0.2) is 48.5 Å². The molecule has 7 nitrogen and oxygen atoms in total. The fourth-order valence-corrected chi connectivity index (χ4v) is 2.69. The van der Waals surface area contributed by atoms with Gasteiger partial charge in [-0.3, -0.25) is 0 Å². The Labute approximate surface area is 157 Å². The van der Waals surface area contributed by atoms with Crippen LogP contribution in [-0.4, -0.2) is 38.4 Å². The van der Waals surface area contributed by atoms with Gasteiger partial charge in [0.25, 0.3) is 0 Å². The Morgan fingerprint density at radius 1 is 1.04 bits per heavy atom. The summed E-state index contributed by atoms with van der Waals surface area (Å²) in [7, 11) is 1.27. The Morgan fingerprint density at radius 3 is 2.52 bits per heavy atom. The molecule has 0 unspecified atom stereocenters. The Balaban J connectivity index is 1.61. The van der Waals surface area contributed by atoms with E-state index in [-0.39, 0.29) is 13.0 Å². The fourth-order valence-electron chi connectivity index (χ4n) is 2.69. The highest BCUT2D eigenvalue weighted by Gasteiger charge is 2.24. The summed E-state index contributed by atoms with van der Waals surface area (Å²) >= 11 is 0. The van der Waals surface area contributed by atoms with E-state index in [9.17, 15) is 9.59 Å². The molecule has 0 radical (unpaired) electrons. The largest absolute Gasteiger partial charge is 0.486 e. The Morgan fingerprint density at radius 2 is 1.78 bits per heavy atom. The van der Waals surface area contributed by atoms with E-state index < -0.39 is 18.1 Å². The van der Waals surface area contributed by atoms with Crippen molar-refractivity contribution in [2.75, 3.05) is 20.3 Å². The predicted octanol–water partition coefficient (Wildman–Crippen LogP) is 2.47. The third-order valence-electron chi connectivity index (χ3n) is 4.04. The highest BCUT2D eigenvalue weighted by atomic mass is 16.6. The number of carbonyl (C=O) groups is 2. The first-order valence-electron chi connectivity index (χ1n) is 8.59. The molecule has 0 aromatic heterocycles. The Bertz CT molecular complexity index is 792. The first-order chi connectivity index (χ1) is 13.2. The van der Waals surface area contributed by atoms with Crippen molar-refractivity contribution in [2.24, 2.45) is 0 Å². The lowest BCUT2D eigenvalue weighted by atomic mass is 10.1. The molecule has 1 aliphatic heterocycles. The molecule has 0 fully saturated rings. The van der Waals surface area contributed by atoms with Crippen molar-refractivity contribution in [3.05, 3.63) is 59.7 Å². The van der Waals surface area contributed by atoms with Gasteiger partial charge in [0.2, 0.25) is 0 Å². The molecule has 0 bridgehead atoms. The summed E-state index contributed by atoms with van der Waals surface area (Å²) in [6.45, 7) is 1.09. The van der Waals surface area contributed by atoms with Crippen LogP contribution in [0, 0.1) is 0 Å². The van der Waals surface area contributed by atoms with Crippen LogP contribution in [0.5, 0.6) is 11.5 Å². The second-order valence-corrected chi connectivity index (χ2v) is 5.96. The van der Waals surface area contributed by atoms with Gasteiger partial charge in [-0.05, 0) is 23.3 Å². The van der Waals surface area contributed by atoms with Gasteiger partial charge in [0, 0.05) is 6.42 Å². The van der Waals surface area contributed by atoms with Gasteiger partial charge in [0.1, 0.15) is 25.9 Å². The minimum absolute atomic E-state index is 0.116. The lowest BCUT2D eigenvalue weighted by molar-refractivity contribution is -0.143. The van der Waals surface area contributed by atoms with E-state index in [4.69, 9.17) is 18.9 Å². The van der Waals surface area contributed by atoms with E-state index in [0.29, 0.717) is 24.7 Å². The van der Waals surface area contributed by atoms with Gasteiger partial charge in [0.15, 0.2) is 11.5 Å². The molecule has 0 saturated heterocycles. The maximum Gasteiger partial charge on any atom is 0.408 e. The normalized spacial score (nSPS) is 13.4. The number of hydrogen-bond acceptors (Lipinski definition) is 6. The number of nitrogens with one attached hydrogen (secondary N) is 1. The van der Waals surface area contributed by atoms with E-state index in [1.165, 1.54) is 7.11 Å². The number of ether oxygens (including phenoxy) is 4. The van der Waals surface area contributed by atoms with Crippen molar-refractivity contribution in [1.82, 2.24) is 5.32 Å². The Kier molecular flexibility index (Phi) is 6.14. The standard InChI is InChI=1S/C20H21NO6/c1-24-19(22)16(21-20(23)27-13-14-5-3-2-4-6-14)11-15-7-8-17-18(12-15)26-10-9-25-17/h2-8,12,16H,9-11,13H2,1H3,(H,21,23)/t16-/m1/s1. The van der Waals surface area contributed by atoms with Crippen LogP contribution in [0.1, 0.15) is 11.1 Å². The molecule has 142 valence electrons. The van der Waals surface area contributed by atoms with Gasteiger partial charge in [-0.25, -0.2) is 9.59 Å². The number of fused-ring (bicyclic) bond motifs is 1. The quantitative estimate of drug-likeness (QED) is 0.786. The van der Waals surface area contributed by atoms with E-state index in [1.54, 1.807) is 12.1 Å². The zero-order valence-electron chi connectivity index (χ0n) is 15.0. The maximum atomic E-state index is 12.1. The summed E-state index contributed by atoms with van der Waals surface area (Å²) in [4.78, 5) is 24.2. The van der Waals surface area contributed by atoms with Crippen molar-refractivity contribution >= 4 is 12.1 Å². The fraction of sp³-hybridized carbons (Fsp3) is 0.300. The molecule has 3 rings (SSSR count). The highest BCUT2D eigenvalue weighted by molar-refractivity contribution is 5.81. The van der Waals surface area contributed by atoms with Crippen LogP contribution in [0.25, 0.3) is 0 Å². The molecular weight excluding hydrogens is 350 g/mol. The molecule has 1 amide bonds. The van der Waals surface area contributed by atoms with Crippen LogP contribution in [0.2, 0.25) is 0 Å². The number of amides is 1. The zero-order chi connectivity index (χ0) is 19.1. The molecule has 1 atom stereocenters. The number of rotatable bonds is 6. The molecule has 1 heterocycles. The lowest BCUT2D eigenvalue weighted by Gasteiger charge is -2.20. The van der Waals surface area contributed by atoms with Gasteiger partial charge in [0.05, 0.1) is 7.11 Å². The highest BCUT2D eigenvalue weighted by Crippen LogP contribution is 2.31. The summed E-state index contributed by atoms with van der Waals surface area (Å²) < 4.78 is 21.0. The van der Waals surface area contributed by atoms with Crippen molar-refractivity contribution in [1.29, 1.82) is 0 Å². The third kappa shape index (κ3) is 5.13. The maximum absolute atomic E-state index is 12.1. The smallest absolute Gasteiger partial charge is 0.408 e. The number of esters is 1. The minimum atomic E-state index is -0.874. The summed E-state index contributed by atoms with van der Waals surface area (Å²) in [6, 6.07) is 13.8. The average molecular weight is 371 g/mol. The monoisotopic (exact) mass is 371 g/mol. The Hall–Kier alpha value is -3.22. The van der Waals surface area contributed by atoms with Crippen molar-refractivity contribution < 1.29 is 28.5 Å². The van der Waals surface area contributed by atoms with Crippen LogP contribution in [-0.2, 0) is 27.3 Å². The molecule has 0 spiro atoms. The van der Waals surface area contributed by atoms with Gasteiger partial charge in [-0.2, -0.15) is 0 Å². The molecule has 2 aromatic carbocycles. The molecule has 27 heavy (non-hydrogen) atoms. The molecule has 7 heteroatoms. The first kappa shape index (κ1) is 18.6. The SMILES string of the molecule is COC(=O)[C@@H](Cc1ccc2c(c1)OCCO2)NC(=O)OCc1ccccc1. The van der Waals surface area contributed by atoms with Gasteiger partial charge in [-0.15, -0.1) is 0 Å². The molecule has 0 saturated carbocycles. The molecule has 1 N–H and O–H groups in total. The summed E-state index contributed by atoms with van der Waals surface area (Å²) in [5.74, 6) is 0.727. The lowest BCUT2D eigenvalue weighted by Crippen LogP contribution is -2.43. The minimum Gasteiger partial charge on any atom is -0.486 e. The van der Waals surface area contributed by atoms with E-state index in [0.717, 1.165) is 11.1 Å². The van der Waals surface area contributed by atoms with Crippen molar-refractivity contribution in [2.45, 2.75) is 19.1 Å². The van der Waals surface area contributed by atoms with Crippen LogP contribution >= 0.6 is 0 Å². The van der Waals surface area contributed by atoms with E-state index >= 15 is 0 Å². The predicted molar refractivity (Wildman–Crippen MR) is 96.7 cm³/mol. The van der Waals surface area contributed by atoms with Crippen molar-refractivity contribution in [3.63, 3.8) is 0 Å². The average Bonchev–Trinajstić information content (AvgIpc) is 2.72. The van der Waals surface area contributed by atoms with Gasteiger partial charge in [-0.1, -0.05) is 36.4 Å². The van der Waals surface area contributed by atoms with Crippen LogP contribution in [0.3, 0.4) is 0 Å². The topological polar surface area (TPSA) is 83.1 Å². The second-order valence-electron chi connectivity index (χ2n) is 5.96. The molecule has 1 aliphatic rings. The summed E-state index contributed by atoms with van der Waals surface area (Å²) in [6.07, 6.45) is -0.448. The number of alkyl carbamates (subject to hydrolysis) is 1. The first-order valence-corrected chi connectivity index (χ1v) is 8.59. The second kappa shape index (κ2) is 8.93. The van der Waals surface area contributed by atoms with Crippen molar-refractivity contribution in [3.8, 4) is 11.5 Å². The number of hydrogen-bond donors (Lipinski definition) is 1. The van der Waals surface area contributed by atoms with Crippen LogP contribution in [0.4, 0.5) is 4.79 Å². The van der Waals surface area contributed by atoms with Gasteiger partial charge >= 0.3 is 12.1 Å². The van der Waals surface area contributed by atoms with Crippen LogP contribution < -0.4 is 14.8 Å². The van der Waals surface area contributed by atoms with E-state index in [2.05, 4.69) is 5.32 Å². The molecule has 0 aliphatic carbocycles. The number of methoxy groups -OCH3 is 1. The molecular formula is C20H21NO6. The van der Waals surface area contributed by atoms with E-state index in [1.807, 2.05) is 36.4 Å². The summed E-state index contributed by atoms with van der Waals surface area (Å²) in [5.41, 5.74) is 1.66. The zero-order valence-corrected chi connectivity index (χ0v) is 15.0. The van der Waals surface area contributed by atoms with Gasteiger partial charge < -0.3 is 24.3 Å². The number of benzene rings is 2. The number of carbonyl (C=O) groups excluding carboxylic acids is 2. The molecule has 2 aromatic rings. The third-order valence-corrected chi connectivity index (χ3v) is 4.04.